The van der Waals surface area contributed by atoms with Crippen molar-refractivity contribution in [2.45, 2.75) is 13.8 Å². The molecule has 0 aromatic heterocycles. The molecule has 180 valence electrons. The van der Waals surface area contributed by atoms with Gasteiger partial charge < -0.3 is 10.2 Å². The average Bonchev–Trinajstić information content (AvgIpc) is 2.85. The fourth-order valence-electron chi connectivity index (χ4n) is 3.98. The van der Waals surface area contributed by atoms with E-state index < -0.39 is 28.8 Å². The van der Waals surface area contributed by atoms with Crippen LogP contribution in [0.5, 0.6) is 11.5 Å². The van der Waals surface area contributed by atoms with Crippen LogP contribution in [0.4, 0.5) is 0 Å². The van der Waals surface area contributed by atoms with Gasteiger partial charge in [-0.25, -0.2) is 0 Å². The standard InChI is InChI=1S/C29H20Br2O5/c1-15-11-19(25(32)17-7-3-5-9-23(17)30)27(34)21(13-15)29(36)22-14-16(2)12-20(28(22)35)26(33)18-8-4-6-10-24(18)31/h3-14,34-35H,1-2H3. The number of ketones is 3. The quantitative estimate of drug-likeness (QED) is 0.232. The molecule has 0 unspecified atom stereocenters. The SMILES string of the molecule is Cc1cc(C(=O)c2ccccc2Br)c(O)c(C(=O)c2cc(C)cc(C(=O)c3ccccc3Br)c2O)c1. The third-order valence-electron chi connectivity index (χ3n) is 5.72. The van der Waals surface area contributed by atoms with Gasteiger partial charge in [0.1, 0.15) is 11.5 Å². The Hall–Kier alpha value is -3.55. The fourth-order valence-corrected chi connectivity index (χ4v) is 4.91. The molecule has 0 atom stereocenters. The first-order valence-corrected chi connectivity index (χ1v) is 12.5. The van der Waals surface area contributed by atoms with Crippen LogP contribution in [0.1, 0.15) is 58.9 Å². The van der Waals surface area contributed by atoms with Gasteiger partial charge in [-0.15, -0.1) is 0 Å². The Morgan fingerprint density at radius 1 is 0.528 bits per heavy atom. The number of phenols is 2. The van der Waals surface area contributed by atoms with E-state index >= 15 is 0 Å². The van der Waals surface area contributed by atoms with Gasteiger partial charge in [0.15, 0.2) is 11.6 Å². The Morgan fingerprint density at radius 2 is 0.806 bits per heavy atom. The molecule has 0 aliphatic carbocycles. The molecule has 0 radical (unpaired) electrons. The lowest BCUT2D eigenvalue weighted by Crippen LogP contribution is -2.11. The maximum absolute atomic E-state index is 13.6. The van der Waals surface area contributed by atoms with Gasteiger partial charge in [0.05, 0.1) is 22.3 Å². The van der Waals surface area contributed by atoms with Crippen LogP contribution in [0.3, 0.4) is 0 Å². The molecule has 7 heteroatoms. The molecular weight excluding hydrogens is 588 g/mol. The van der Waals surface area contributed by atoms with E-state index in [1.54, 1.807) is 62.4 Å². The van der Waals surface area contributed by atoms with E-state index in [-0.39, 0.29) is 22.3 Å². The third-order valence-corrected chi connectivity index (χ3v) is 7.11. The largest absolute Gasteiger partial charge is 0.506 e. The van der Waals surface area contributed by atoms with Gasteiger partial charge in [-0.05, 0) is 73.5 Å². The molecule has 0 aliphatic rings. The van der Waals surface area contributed by atoms with E-state index in [0.717, 1.165) is 0 Å². The molecule has 0 amide bonds. The number of aromatic hydroxyl groups is 2. The molecule has 4 aromatic carbocycles. The Labute approximate surface area is 224 Å². The van der Waals surface area contributed by atoms with Crippen molar-refractivity contribution in [1.82, 2.24) is 0 Å². The number of halogens is 2. The molecule has 0 aliphatic heterocycles. The number of hydrogen-bond acceptors (Lipinski definition) is 5. The van der Waals surface area contributed by atoms with Gasteiger partial charge in [0, 0.05) is 20.1 Å². The van der Waals surface area contributed by atoms with Gasteiger partial charge in [0.2, 0.25) is 5.78 Å². The molecular formula is C29H20Br2O5. The number of rotatable bonds is 6. The lowest BCUT2D eigenvalue weighted by molar-refractivity contribution is 0.102. The van der Waals surface area contributed by atoms with Crippen molar-refractivity contribution >= 4 is 49.2 Å². The molecule has 0 heterocycles. The van der Waals surface area contributed by atoms with Crippen LogP contribution in [0, 0.1) is 13.8 Å². The lowest BCUT2D eigenvalue weighted by atomic mass is 9.91. The highest BCUT2D eigenvalue weighted by Crippen LogP contribution is 2.35. The van der Waals surface area contributed by atoms with Crippen LogP contribution < -0.4 is 0 Å². The summed E-state index contributed by atoms with van der Waals surface area (Å²) in [6.45, 7) is 3.40. The van der Waals surface area contributed by atoms with Gasteiger partial charge >= 0.3 is 0 Å². The predicted octanol–water partition coefficient (Wildman–Crippen LogP) is 6.93. The van der Waals surface area contributed by atoms with Gasteiger partial charge in [-0.1, -0.05) is 56.1 Å². The van der Waals surface area contributed by atoms with Gasteiger partial charge in [-0.2, -0.15) is 0 Å². The number of carbonyl (C=O) groups excluding carboxylic acids is 3. The Kier molecular flexibility index (Phi) is 7.24. The van der Waals surface area contributed by atoms with Gasteiger partial charge in [0.25, 0.3) is 0 Å². The van der Waals surface area contributed by atoms with Crippen LogP contribution >= 0.6 is 31.9 Å². The molecule has 0 bridgehead atoms. The molecule has 0 saturated carbocycles. The van der Waals surface area contributed by atoms with Crippen molar-refractivity contribution in [3.05, 3.63) is 126 Å². The number of hydrogen-bond donors (Lipinski definition) is 2. The molecule has 36 heavy (non-hydrogen) atoms. The summed E-state index contributed by atoms with van der Waals surface area (Å²) in [7, 11) is 0. The topological polar surface area (TPSA) is 91.7 Å². The molecule has 0 fully saturated rings. The zero-order valence-electron chi connectivity index (χ0n) is 19.3. The van der Waals surface area contributed by atoms with Crippen molar-refractivity contribution in [3.8, 4) is 11.5 Å². The molecule has 5 nitrogen and oxygen atoms in total. The van der Waals surface area contributed by atoms with Crippen LogP contribution in [0.15, 0.2) is 81.7 Å². The summed E-state index contributed by atoms with van der Waals surface area (Å²) >= 11 is 6.69. The lowest BCUT2D eigenvalue weighted by Gasteiger charge is -2.14. The average molecular weight is 608 g/mol. The normalized spacial score (nSPS) is 10.8. The minimum atomic E-state index is -0.709. The maximum atomic E-state index is 13.6. The fraction of sp³-hybridized carbons (Fsp3) is 0.0690. The van der Waals surface area contributed by atoms with E-state index in [1.165, 1.54) is 24.3 Å². The van der Waals surface area contributed by atoms with Crippen LogP contribution in [0.25, 0.3) is 0 Å². The number of carbonyl (C=O) groups is 3. The molecule has 4 aromatic rings. The zero-order chi connectivity index (χ0) is 26.1. The summed E-state index contributed by atoms with van der Waals surface area (Å²) in [4.78, 5) is 40.0. The Morgan fingerprint density at radius 3 is 1.11 bits per heavy atom. The van der Waals surface area contributed by atoms with Crippen molar-refractivity contribution < 1.29 is 24.6 Å². The first-order valence-electron chi connectivity index (χ1n) is 10.9. The monoisotopic (exact) mass is 606 g/mol. The Balaban J connectivity index is 1.83. The second-order valence-corrected chi connectivity index (χ2v) is 10.1. The summed E-state index contributed by atoms with van der Waals surface area (Å²) in [6, 6.07) is 19.5. The van der Waals surface area contributed by atoms with Crippen molar-refractivity contribution in [1.29, 1.82) is 0 Å². The summed E-state index contributed by atoms with van der Waals surface area (Å²) in [5, 5.41) is 22.0. The van der Waals surface area contributed by atoms with E-state index in [4.69, 9.17) is 0 Å². The van der Waals surface area contributed by atoms with Crippen molar-refractivity contribution in [2.75, 3.05) is 0 Å². The Bertz CT molecular complexity index is 1440. The highest BCUT2D eigenvalue weighted by molar-refractivity contribution is 9.10. The van der Waals surface area contributed by atoms with E-state index in [2.05, 4.69) is 31.9 Å². The van der Waals surface area contributed by atoms with E-state index in [1.807, 2.05) is 0 Å². The highest BCUT2D eigenvalue weighted by atomic mass is 79.9. The minimum Gasteiger partial charge on any atom is -0.506 e. The highest BCUT2D eigenvalue weighted by Gasteiger charge is 2.27. The van der Waals surface area contributed by atoms with E-state index in [9.17, 15) is 24.6 Å². The summed E-state index contributed by atoms with van der Waals surface area (Å²) in [5.74, 6) is -2.62. The van der Waals surface area contributed by atoms with Crippen LogP contribution in [0.2, 0.25) is 0 Å². The van der Waals surface area contributed by atoms with Gasteiger partial charge in [-0.3, -0.25) is 14.4 Å². The van der Waals surface area contributed by atoms with Crippen LogP contribution in [-0.2, 0) is 0 Å². The second-order valence-electron chi connectivity index (χ2n) is 8.36. The first kappa shape index (κ1) is 25.5. The third kappa shape index (κ3) is 4.76. The molecule has 0 spiro atoms. The summed E-state index contributed by atoms with van der Waals surface area (Å²) in [6.07, 6.45) is 0. The predicted molar refractivity (Wildman–Crippen MR) is 144 cm³/mol. The minimum absolute atomic E-state index is 0.0399. The van der Waals surface area contributed by atoms with Crippen molar-refractivity contribution in [3.63, 3.8) is 0 Å². The van der Waals surface area contributed by atoms with Crippen molar-refractivity contribution in [2.24, 2.45) is 0 Å². The number of phenolic OH excluding ortho intramolecular Hbond substituents is 2. The molecule has 0 saturated heterocycles. The maximum Gasteiger partial charge on any atom is 0.200 e. The number of aryl methyl sites for hydroxylation is 2. The summed E-state index contributed by atoms with van der Waals surface area (Å²) < 4.78 is 1.10. The second kappa shape index (κ2) is 10.2. The molecule has 4 rings (SSSR count). The first-order chi connectivity index (χ1) is 17.1. The smallest absolute Gasteiger partial charge is 0.200 e. The van der Waals surface area contributed by atoms with Crippen LogP contribution in [-0.4, -0.2) is 27.6 Å². The summed E-state index contributed by atoms with van der Waals surface area (Å²) in [5.41, 5.74) is 1.43. The molecule has 2 N–H and O–H groups in total. The number of benzene rings is 4. The zero-order valence-corrected chi connectivity index (χ0v) is 22.5. The van der Waals surface area contributed by atoms with E-state index in [0.29, 0.717) is 31.2 Å².